The van der Waals surface area contributed by atoms with Gasteiger partial charge in [-0.3, -0.25) is 14.9 Å². The summed E-state index contributed by atoms with van der Waals surface area (Å²) in [5.74, 6) is -2.01. The summed E-state index contributed by atoms with van der Waals surface area (Å²) in [7, 11) is 0. The molecule has 1 amide bonds. The third-order valence-corrected chi connectivity index (χ3v) is 3.21. The van der Waals surface area contributed by atoms with E-state index in [0.717, 1.165) is 18.2 Å². The zero-order chi connectivity index (χ0) is 19.8. The summed E-state index contributed by atoms with van der Waals surface area (Å²) in [6, 6.07) is 10.6. The summed E-state index contributed by atoms with van der Waals surface area (Å²) in [6.07, 6.45) is 2.36. The minimum Gasteiger partial charge on any atom is -0.452 e. The van der Waals surface area contributed by atoms with Gasteiger partial charge in [0.1, 0.15) is 11.9 Å². The van der Waals surface area contributed by atoms with Crippen LogP contribution in [0.2, 0.25) is 0 Å². The Morgan fingerprint density at radius 1 is 1.30 bits per heavy atom. The van der Waals surface area contributed by atoms with Crippen molar-refractivity contribution in [3.05, 3.63) is 75.6 Å². The molecule has 0 fully saturated rings. The largest absolute Gasteiger partial charge is 0.452 e. The highest BCUT2D eigenvalue weighted by molar-refractivity contribution is 5.95. The van der Waals surface area contributed by atoms with Crippen molar-refractivity contribution in [3.8, 4) is 6.07 Å². The predicted octanol–water partition coefficient (Wildman–Crippen LogP) is 2.80. The van der Waals surface area contributed by atoms with Gasteiger partial charge < -0.3 is 10.1 Å². The molecule has 8 nitrogen and oxygen atoms in total. The number of nitrogens with zero attached hydrogens (tertiary/aromatic N) is 2. The first kappa shape index (κ1) is 19.3. The van der Waals surface area contributed by atoms with Crippen molar-refractivity contribution < 1.29 is 23.6 Å². The standard InChI is InChI=1S/C18H12FN3O5/c19-14-3-1-2-12(8-14)4-7-18(24)27-11-17(23)21-16-6-5-15(22(25)26)9-13(16)10-20/h1-9H,11H2,(H,21,23)/b7-4+. The Hall–Kier alpha value is -4.06. The Kier molecular flexibility index (Phi) is 6.33. The van der Waals surface area contributed by atoms with Crippen molar-refractivity contribution in [1.82, 2.24) is 0 Å². The summed E-state index contributed by atoms with van der Waals surface area (Å²) in [5, 5.41) is 22.0. The van der Waals surface area contributed by atoms with Crippen LogP contribution < -0.4 is 5.32 Å². The summed E-state index contributed by atoms with van der Waals surface area (Å²) >= 11 is 0. The first-order chi connectivity index (χ1) is 12.9. The molecule has 0 heterocycles. The fraction of sp³-hybridized carbons (Fsp3) is 0.0556. The number of halogens is 1. The quantitative estimate of drug-likeness (QED) is 0.361. The second-order valence-corrected chi connectivity index (χ2v) is 5.14. The lowest BCUT2D eigenvalue weighted by atomic mass is 10.1. The molecule has 0 aliphatic heterocycles. The van der Waals surface area contributed by atoms with E-state index in [1.54, 1.807) is 12.1 Å². The molecule has 136 valence electrons. The Bertz CT molecular complexity index is 966. The van der Waals surface area contributed by atoms with Crippen LogP contribution >= 0.6 is 0 Å². The number of rotatable bonds is 6. The maximum atomic E-state index is 13.0. The molecule has 2 rings (SSSR count). The molecule has 0 bridgehead atoms. The van der Waals surface area contributed by atoms with E-state index in [4.69, 9.17) is 10.00 Å². The van der Waals surface area contributed by atoms with Crippen LogP contribution in [0.4, 0.5) is 15.8 Å². The third kappa shape index (κ3) is 5.75. The topological polar surface area (TPSA) is 122 Å². The molecule has 27 heavy (non-hydrogen) atoms. The molecule has 0 radical (unpaired) electrons. The lowest BCUT2D eigenvalue weighted by Crippen LogP contribution is -2.20. The number of nitriles is 1. The lowest BCUT2D eigenvalue weighted by molar-refractivity contribution is -0.384. The number of anilines is 1. The molecule has 0 atom stereocenters. The van der Waals surface area contributed by atoms with Crippen molar-refractivity contribution in [1.29, 1.82) is 5.26 Å². The van der Waals surface area contributed by atoms with Crippen LogP contribution in [0.5, 0.6) is 0 Å². The minimum atomic E-state index is -0.821. The van der Waals surface area contributed by atoms with Gasteiger partial charge in [-0.2, -0.15) is 5.26 Å². The van der Waals surface area contributed by atoms with E-state index < -0.39 is 29.2 Å². The van der Waals surface area contributed by atoms with Crippen molar-refractivity contribution in [2.24, 2.45) is 0 Å². The van der Waals surface area contributed by atoms with Crippen molar-refractivity contribution in [2.45, 2.75) is 0 Å². The summed E-state index contributed by atoms with van der Waals surface area (Å²) < 4.78 is 17.8. The van der Waals surface area contributed by atoms with E-state index in [1.807, 2.05) is 0 Å². The number of esters is 1. The molecule has 2 aromatic carbocycles. The average Bonchev–Trinajstić information content (AvgIpc) is 2.65. The number of nitro benzene ring substituents is 1. The fourth-order valence-corrected chi connectivity index (χ4v) is 1.99. The lowest BCUT2D eigenvalue weighted by Gasteiger charge is -2.07. The van der Waals surface area contributed by atoms with Crippen molar-refractivity contribution >= 4 is 29.3 Å². The van der Waals surface area contributed by atoms with Crippen LogP contribution in [-0.2, 0) is 14.3 Å². The molecule has 2 aromatic rings. The average molecular weight is 369 g/mol. The maximum Gasteiger partial charge on any atom is 0.331 e. The molecule has 0 spiro atoms. The highest BCUT2D eigenvalue weighted by Crippen LogP contribution is 2.21. The molecule has 0 aliphatic carbocycles. The van der Waals surface area contributed by atoms with Crippen LogP contribution in [0.3, 0.4) is 0 Å². The Balaban J connectivity index is 1.91. The highest BCUT2D eigenvalue weighted by Gasteiger charge is 2.13. The normalized spacial score (nSPS) is 10.2. The van der Waals surface area contributed by atoms with Crippen molar-refractivity contribution in [2.75, 3.05) is 11.9 Å². The summed E-state index contributed by atoms with van der Waals surface area (Å²) in [6.45, 7) is -0.631. The minimum absolute atomic E-state index is 0.0550. The van der Waals surface area contributed by atoms with Gasteiger partial charge in [-0.1, -0.05) is 12.1 Å². The van der Waals surface area contributed by atoms with Gasteiger partial charge in [0.25, 0.3) is 11.6 Å². The number of carbonyl (C=O) groups excluding carboxylic acids is 2. The van der Waals surface area contributed by atoms with Gasteiger partial charge in [0.15, 0.2) is 6.61 Å². The second kappa shape index (κ2) is 8.87. The van der Waals surface area contributed by atoms with E-state index in [1.165, 1.54) is 30.3 Å². The number of nitrogens with one attached hydrogen (secondary N) is 1. The summed E-state index contributed by atoms with van der Waals surface area (Å²) in [4.78, 5) is 33.4. The zero-order valence-electron chi connectivity index (χ0n) is 13.7. The predicted molar refractivity (Wildman–Crippen MR) is 92.8 cm³/mol. The fourth-order valence-electron chi connectivity index (χ4n) is 1.99. The van der Waals surface area contributed by atoms with Crippen LogP contribution in [0.1, 0.15) is 11.1 Å². The molecule has 0 aliphatic rings. The number of hydrogen-bond donors (Lipinski definition) is 1. The molecular weight excluding hydrogens is 357 g/mol. The number of benzene rings is 2. The molecule has 0 saturated carbocycles. The molecule has 0 unspecified atom stereocenters. The van der Waals surface area contributed by atoms with Crippen LogP contribution in [-0.4, -0.2) is 23.4 Å². The smallest absolute Gasteiger partial charge is 0.331 e. The number of ether oxygens (including phenoxy) is 1. The zero-order valence-corrected chi connectivity index (χ0v) is 13.7. The number of non-ortho nitro benzene ring substituents is 1. The van der Waals surface area contributed by atoms with E-state index in [-0.39, 0.29) is 16.9 Å². The van der Waals surface area contributed by atoms with Crippen LogP contribution in [0, 0.1) is 27.3 Å². The summed E-state index contributed by atoms with van der Waals surface area (Å²) in [5.41, 5.74) is 0.105. The number of nitro groups is 1. The number of amides is 1. The van der Waals surface area contributed by atoms with Gasteiger partial charge >= 0.3 is 5.97 Å². The van der Waals surface area contributed by atoms with Gasteiger partial charge in [-0.25, -0.2) is 9.18 Å². The first-order valence-electron chi connectivity index (χ1n) is 7.48. The Labute approximate surface area is 152 Å². The molecule has 9 heteroatoms. The Morgan fingerprint density at radius 3 is 2.74 bits per heavy atom. The Morgan fingerprint density at radius 2 is 2.07 bits per heavy atom. The van der Waals surface area contributed by atoms with Crippen LogP contribution in [0.25, 0.3) is 6.08 Å². The SMILES string of the molecule is N#Cc1cc([N+](=O)[O-])ccc1NC(=O)COC(=O)/C=C/c1cccc(F)c1. The van der Waals surface area contributed by atoms with Crippen LogP contribution in [0.15, 0.2) is 48.5 Å². The van der Waals surface area contributed by atoms with Gasteiger partial charge in [-0.15, -0.1) is 0 Å². The second-order valence-electron chi connectivity index (χ2n) is 5.14. The molecular formula is C18H12FN3O5. The third-order valence-electron chi connectivity index (χ3n) is 3.21. The molecule has 0 saturated heterocycles. The maximum absolute atomic E-state index is 13.0. The molecule has 0 aromatic heterocycles. The number of hydrogen-bond acceptors (Lipinski definition) is 6. The first-order valence-corrected chi connectivity index (χ1v) is 7.48. The van der Waals surface area contributed by atoms with Gasteiger partial charge in [0.05, 0.1) is 16.2 Å². The van der Waals surface area contributed by atoms with Gasteiger partial charge in [-0.05, 0) is 29.8 Å². The van der Waals surface area contributed by atoms with Gasteiger partial charge in [0, 0.05) is 18.2 Å². The van der Waals surface area contributed by atoms with Gasteiger partial charge in [0.2, 0.25) is 0 Å². The van der Waals surface area contributed by atoms with Crippen molar-refractivity contribution in [3.63, 3.8) is 0 Å². The highest BCUT2D eigenvalue weighted by atomic mass is 19.1. The van der Waals surface area contributed by atoms with E-state index >= 15 is 0 Å². The van der Waals surface area contributed by atoms with E-state index in [9.17, 15) is 24.1 Å². The molecule has 1 N–H and O–H groups in total. The van der Waals surface area contributed by atoms with E-state index in [0.29, 0.717) is 5.56 Å². The van der Waals surface area contributed by atoms with E-state index in [2.05, 4.69) is 5.32 Å². The number of carbonyl (C=O) groups is 2. The monoisotopic (exact) mass is 369 g/mol.